The highest BCUT2D eigenvalue weighted by Crippen LogP contribution is 2.31. The monoisotopic (exact) mass is 258 g/mol. The van der Waals surface area contributed by atoms with Gasteiger partial charge in [-0.05, 0) is 36.8 Å². The Hall–Kier alpha value is -1.38. The fourth-order valence-corrected chi connectivity index (χ4v) is 2.77. The van der Waals surface area contributed by atoms with Crippen LogP contribution < -0.4 is 0 Å². The van der Waals surface area contributed by atoms with E-state index in [0.29, 0.717) is 0 Å². The number of halogens is 1. The Kier molecular flexibility index (Phi) is 2.61. The fraction of sp³-hybridized carbons (Fsp3) is 0. The van der Waals surface area contributed by atoms with Gasteiger partial charge < -0.3 is 0 Å². The summed E-state index contributed by atoms with van der Waals surface area (Å²) in [6.07, 6.45) is 0. The van der Waals surface area contributed by atoms with Crippen molar-refractivity contribution >= 4 is 33.2 Å². The van der Waals surface area contributed by atoms with Gasteiger partial charge in [-0.1, -0.05) is 29.8 Å². The van der Waals surface area contributed by atoms with E-state index in [0.717, 1.165) is 26.7 Å². The third kappa shape index (κ3) is 2.06. The van der Waals surface area contributed by atoms with Crippen molar-refractivity contribution in [2.24, 2.45) is 0 Å². The van der Waals surface area contributed by atoms with Crippen molar-refractivity contribution in [2.75, 3.05) is 0 Å². The van der Waals surface area contributed by atoms with E-state index in [-0.39, 0.29) is 0 Å². The first kappa shape index (κ1) is 10.8. The number of thiazole rings is 1. The van der Waals surface area contributed by atoms with Crippen LogP contribution in [0.5, 0.6) is 0 Å². The van der Waals surface area contributed by atoms with E-state index >= 15 is 0 Å². The van der Waals surface area contributed by atoms with E-state index in [1.54, 1.807) is 11.3 Å². The van der Waals surface area contributed by atoms with Crippen LogP contribution in [0.1, 0.15) is 5.56 Å². The number of hydrogen-bond donors (Lipinski definition) is 0. The van der Waals surface area contributed by atoms with Gasteiger partial charge in [0.25, 0.3) is 0 Å². The van der Waals surface area contributed by atoms with Crippen LogP contribution in [0.15, 0.2) is 42.5 Å². The lowest BCUT2D eigenvalue weighted by atomic mass is 10.2. The van der Waals surface area contributed by atoms with E-state index < -0.39 is 0 Å². The number of benzene rings is 2. The van der Waals surface area contributed by atoms with Crippen molar-refractivity contribution in [3.63, 3.8) is 0 Å². The minimum Gasteiger partial charge on any atom is -0.236 e. The molecule has 0 aliphatic carbocycles. The lowest BCUT2D eigenvalue weighted by Crippen LogP contribution is -1.75. The molecule has 0 fully saturated rings. The largest absolute Gasteiger partial charge is 0.236 e. The average molecular weight is 259 g/mol. The number of nitrogens with zero attached hydrogens (tertiary/aromatic N) is 1. The molecular weight excluding hydrogens is 250 g/mol. The maximum atomic E-state index is 5.87. The molecule has 0 aliphatic rings. The molecule has 0 spiro atoms. The quantitative estimate of drug-likeness (QED) is 0.611. The minimum absolute atomic E-state index is 0.745. The van der Waals surface area contributed by atoms with Crippen LogP contribution in [-0.4, -0.2) is 4.98 Å². The summed E-state index contributed by atoms with van der Waals surface area (Å²) in [5, 5.41) is 1.76. The van der Waals surface area contributed by atoms with Gasteiger partial charge in [-0.3, -0.25) is 0 Å². The van der Waals surface area contributed by atoms with Gasteiger partial charge >= 0.3 is 0 Å². The molecule has 0 amide bonds. The summed E-state index contributed by atoms with van der Waals surface area (Å²) < 4.78 is 1.18. The molecular formula is C14H9ClNS. The molecule has 0 saturated carbocycles. The molecule has 83 valence electrons. The normalized spacial score (nSPS) is 10.9. The first-order chi connectivity index (χ1) is 8.22. The molecule has 3 rings (SSSR count). The van der Waals surface area contributed by atoms with Crippen LogP contribution in [-0.2, 0) is 0 Å². The van der Waals surface area contributed by atoms with Gasteiger partial charge in [-0.15, -0.1) is 11.3 Å². The number of fused-ring (bicyclic) bond motifs is 1. The molecule has 0 bridgehead atoms. The molecule has 1 radical (unpaired) electrons. The van der Waals surface area contributed by atoms with Crippen molar-refractivity contribution in [3.05, 3.63) is 60.0 Å². The minimum atomic E-state index is 0.745. The number of aromatic nitrogens is 1. The highest BCUT2D eigenvalue weighted by molar-refractivity contribution is 7.21. The predicted molar refractivity (Wildman–Crippen MR) is 74.5 cm³/mol. The molecule has 0 atom stereocenters. The SMILES string of the molecule is [CH2]c1ccc2sc(-c3ccc(Cl)cc3)nc2c1. The molecule has 1 nitrogen and oxygen atoms in total. The molecule has 1 heterocycles. The van der Waals surface area contributed by atoms with Gasteiger partial charge in [0, 0.05) is 10.6 Å². The Balaban J connectivity index is 2.14. The van der Waals surface area contributed by atoms with E-state index in [2.05, 4.69) is 18.0 Å². The van der Waals surface area contributed by atoms with Crippen LogP contribution in [0.4, 0.5) is 0 Å². The maximum Gasteiger partial charge on any atom is 0.124 e. The van der Waals surface area contributed by atoms with E-state index in [4.69, 9.17) is 11.6 Å². The smallest absolute Gasteiger partial charge is 0.124 e. The van der Waals surface area contributed by atoms with Crippen LogP contribution in [0.2, 0.25) is 5.02 Å². The summed E-state index contributed by atoms with van der Waals surface area (Å²) in [6.45, 7) is 3.91. The zero-order chi connectivity index (χ0) is 11.8. The molecule has 2 aromatic carbocycles. The van der Waals surface area contributed by atoms with Crippen LogP contribution >= 0.6 is 22.9 Å². The maximum absolute atomic E-state index is 5.87. The van der Waals surface area contributed by atoms with Crippen LogP contribution in [0.25, 0.3) is 20.8 Å². The third-order valence-corrected chi connectivity index (χ3v) is 3.88. The third-order valence-electron chi connectivity index (χ3n) is 2.54. The topological polar surface area (TPSA) is 12.9 Å². The van der Waals surface area contributed by atoms with E-state index in [9.17, 15) is 0 Å². The molecule has 0 unspecified atom stereocenters. The van der Waals surface area contributed by atoms with Crippen molar-refractivity contribution in [1.29, 1.82) is 0 Å². The Bertz CT molecular complexity index is 670. The molecule has 0 aliphatic heterocycles. The summed E-state index contributed by atoms with van der Waals surface area (Å²) in [5.41, 5.74) is 3.10. The van der Waals surface area contributed by atoms with Gasteiger partial charge in [0.1, 0.15) is 5.01 Å². The van der Waals surface area contributed by atoms with Crippen molar-refractivity contribution in [1.82, 2.24) is 4.98 Å². The summed E-state index contributed by atoms with van der Waals surface area (Å²) in [4.78, 5) is 4.61. The first-order valence-corrected chi connectivity index (χ1v) is 6.40. The predicted octanol–water partition coefficient (Wildman–Crippen LogP) is 4.80. The number of rotatable bonds is 1. The van der Waals surface area contributed by atoms with Gasteiger partial charge in [0.2, 0.25) is 0 Å². The van der Waals surface area contributed by atoms with E-state index in [1.165, 1.54) is 4.70 Å². The second kappa shape index (κ2) is 4.13. The Morgan fingerprint density at radius 3 is 2.59 bits per heavy atom. The molecule has 1 aromatic heterocycles. The van der Waals surface area contributed by atoms with Gasteiger partial charge in [0.05, 0.1) is 10.2 Å². The Labute approximate surface area is 109 Å². The second-order valence-electron chi connectivity index (χ2n) is 3.83. The highest BCUT2D eigenvalue weighted by atomic mass is 35.5. The van der Waals surface area contributed by atoms with Crippen molar-refractivity contribution < 1.29 is 0 Å². The van der Waals surface area contributed by atoms with Crippen molar-refractivity contribution in [3.8, 4) is 10.6 Å². The molecule has 0 saturated heterocycles. The van der Waals surface area contributed by atoms with Gasteiger partial charge in [0.15, 0.2) is 0 Å². The Morgan fingerprint density at radius 2 is 1.82 bits per heavy atom. The lowest BCUT2D eigenvalue weighted by molar-refractivity contribution is 1.47. The van der Waals surface area contributed by atoms with E-state index in [1.807, 2.05) is 36.4 Å². The standard InChI is InChI=1S/C14H9ClNS/c1-9-2-7-13-12(8-9)16-14(17-13)10-3-5-11(15)6-4-10/h2-8H,1H2. The van der Waals surface area contributed by atoms with Crippen LogP contribution in [0.3, 0.4) is 0 Å². The zero-order valence-electron chi connectivity index (χ0n) is 8.98. The summed E-state index contributed by atoms with van der Waals surface area (Å²) >= 11 is 7.56. The summed E-state index contributed by atoms with van der Waals surface area (Å²) in [7, 11) is 0. The van der Waals surface area contributed by atoms with Crippen molar-refractivity contribution in [2.45, 2.75) is 0 Å². The highest BCUT2D eigenvalue weighted by Gasteiger charge is 2.05. The molecule has 3 aromatic rings. The number of hydrogen-bond acceptors (Lipinski definition) is 2. The second-order valence-corrected chi connectivity index (χ2v) is 5.30. The summed E-state index contributed by atoms with van der Waals surface area (Å²) in [6, 6.07) is 13.8. The zero-order valence-corrected chi connectivity index (χ0v) is 10.6. The van der Waals surface area contributed by atoms with Crippen LogP contribution in [0, 0.1) is 6.92 Å². The van der Waals surface area contributed by atoms with Gasteiger partial charge in [-0.2, -0.15) is 0 Å². The molecule has 0 N–H and O–H groups in total. The first-order valence-electron chi connectivity index (χ1n) is 5.21. The Morgan fingerprint density at radius 1 is 1.06 bits per heavy atom. The lowest BCUT2D eigenvalue weighted by Gasteiger charge is -1.94. The summed E-state index contributed by atoms with van der Waals surface area (Å²) in [5.74, 6) is 0. The fourth-order valence-electron chi connectivity index (χ4n) is 1.69. The van der Waals surface area contributed by atoms with Gasteiger partial charge in [-0.25, -0.2) is 4.98 Å². The average Bonchev–Trinajstić information content (AvgIpc) is 2.72. The molecule has 17 heavy (non-hydrogen) atoms. The molecule has 3 heteroatoms.